The van der Waals surface area contributed by atoms with Gasteiger partial charge < -0.3 is 9.67 Å². The van der Waals surface area contributed by atoms with Gasteiger partial charge in [-0.3, -0.25) is 0 Å². The van der Waals surface area contributed by atoms with Crippen molar-refractivity contribution in [3.05, 3.63) is 35.5 Å². The van der Waals surface area contributed by atoms with Crippen molar-refractivity contribution in [1.82, 2.24) is 4.57 Å². The molecule has 1 N–H and O–H groups in total. The van der Waals surface area contributed by atoms with Crippen LogP contribution in [0.15, 0.2) is 24.4 Å². The molecule has 0 saturated heterocycles. The topological polar surface area (TPSA) is 42.2 Å². The summed E-state index contributed by atoms with van der Waals surface area (Å²) in [7, 11) is 0. The van der Waals surface area contributed by atoms with Crippen molar-refractivity contribution in [1.29, 1.82) is 0 Å². The minimum atomic E-state index is -0.854. The predicted octanol–water partition coefficient (Wildman–Crippen LogP) is 3.84. The Hall–Kier alpha value is -1.77. The zero-order valence-corrected chi connectivity index (χ0v) is 11.2. The molecule has 2 aromatic rings. The fourth-order valence-corrected chi connectivity index (χ4v) is 3.23. The monoisotopic (exact) mass is 257 g/mol. The molecule has 0 unspecified atom stereocenters. The molecule has 0 bridgehead atoms. The molecule has 1 aromatic carbocycles. The number of nitrogens with zero attached hydrogens (tertiary/aromatic N) is 1. The highest BCUT2D eigenvalue weighted by atomic mass is 16.4. The number of benzene rings is 1. The Bertz CT molecular complexity index is 621. The van der Waals surface area contributed by atoms with E-state index in [9.17, 15) is 4.79 Å². The van der Waals surface area contributed by atoms with Crippen LogP contribution in [0.3, 0.4) is 0 Å². The van der Waals surface area contributed by atoms with Gasteiger partial charge in [0.25, 0.3) is 0 Å². The van der Waals surface area contributed by atoms with E-state index < -0.39 is 5.97 Å². The number of fused-ring (bicyclic) bond motifs is 1. The molecule has 0 radical (unpaired) electrons. The second-order valence-corrected chi connectivity index (χ2v) is 5.65. The zero-order chi connectivity index (χ0) is 13.4. The van der Waals surface area contributed by atoms with Gasteiger partial charge in [0.15, 0.2) is 0 Å². The van der Waals surface area contributed by atoms with Crippen LogP contribution in [-0.4, -0.2) is 15.6 Å². The molecule has 1 aliphatic rings. The van der Waals surface area contributed by atoms with Crippen LogP contribution in [0.4, 0.5) is 0 Å². The van der Waals surface area contributed by atoms with Gasteiger partial charge in [0.2, 0.25) is 0 Å². The molecule has 3 nitrogen and oxygen atoms in total. The summed E-state index contributed by atoms with van der Waals surface area (Å²) in [6.07, 6.45) is 7.44. The molecule has 19 heavy (non-hydrogen) atoms. The summed E-state index contributed by atoms with van der Waals surface area (Å²) in [5.74, 6) is -0.100. The van der Waals surface area contributed by atoms with Gasteiger partial charge in [-0.1, -0.05) is 18.9 Å². The third-order valence-corrected chi connectivity index (χ3v) is 4.26. The molecule has 0 amide bonds. The minimum absolute atomic E-state index is 0.373. The largest absolute Gasteiger partial charge is 0.478 e. The zero-order valence-electron chi connectivity index (χ0n) is 11.2. The number of hydrogen-bond acceptors (Lipinski definition) is 1. The van der Waals surface area contributed by atoms with Gasteiger partial charge in [0, 0.05) is 23.6 Å². The van der Waals surface area contributed by atoms with E-state index in [0.717, 1.165) is 18.0 Å². The molecule has 1 aliphatic carbocycles. The molecular formula is C16H19NO2. The van der Waals surface area contributed by atoms with Crippen LogP contribution in [0.2, 0.25) is 0 Å². The lowest BCUT2D eigenvalue weighted by atomic mass is 10.1. The molecule has 1 aromatic heterocycles. The molecular weight excluding hydrogens is 238 g/mol. The van der Waals surface area contributed by atoms with Crippen molar-refractivity contribution in [2.24, 2.45) is 5.92 Å². The maximum Gasteiger partial charge on any atom is 0.335 e. The van der Waals surface area contributed by atoms with Crippen molar-refractivity contribution in [2.75, 3.05) is 0 Å². The van der Waals surface area contributed by atoms with Crippen molar-refractivity contribution in [2.45, 2.75) is 39.2 Å². The Kier molecular flexibility index (Phi) is 3.05. The number of aromatic nitrogens is 1. The normalized spacial score (nSPS) is 16.3. The molecule has 3 rings (SSSR count). The third-order valence-electron chi connectivity index (χ3n) is 4.26. The first kappa shape index (κ1) is 12.3. The predicted molar refractivity (Wildman–Crippen MR) is 75.6 cm³/mol. The molecule has 3 heteroatoms. The van der Waals surface area contributed by atoms with Crippen LogP contribution in [0.5, 0.6) is 0 Å². The lowest BCUT2D eigenvalue weighted by Gasteiger charge is -2.11. The number of rotatable bonds is 3. The number of aromatic carboxylic acids is 1. The summed E-state index contributed by atoms with van der Waals surface area (Å²) < 4.78 is 2.24. The van der Waals surface area contributed by atoms with Crippen molar-refractivity contribution < 1.29 is 9.90 Å². The number of carbonyl (C=O) groups is 1. The highest BCUT2D eigenvalue weighted by Gasteiger charge is 2.17. The van der Waals surface area contributed by atoms with Gasteiger partial charge in [-0.05, 0) is 43.4 Å². The van der Waals surface area contributed by atoms with Crippen molar-refractivity contribution in [3.63, 3.8) is 0 Å². The second kappa shape index (κ2) is 4.72. The molecule has 1 fully saturated rings. The van der Waals surface area contributed by atoms with Crippen LogP contribution < -0.4 is 0 Å². The van der Waals surface area contributed by atoms with E-state index in [4.69, 9.17) is 5.11 Å². The maximum absolute atomic E-state index is 11.1. The van der Waals surface area contributed by atoms with Crippen LogP contribution >= 0.6 is 0 Å². The Morgan fingerprint density at radius 3 is 2.79 bits per heavy atom. The van der Waals surface area contributed by atoms with Gasteiger partial charge in [-0.15, -0.1) is 0 Å². The Balaban J connectivity index is 2.02. The van der Waals surface area contributed by atoms with Crippen LogP contribution in [0.1, 0.15) is 41.6 Å². The minimum Gasteiger partial charge on any atom is -0.478 e. The van der Waals surface area contributed by atoms with Crippen molar-refractivity contribution >= 4 is 16.9 Å². The third kappa shape index (κ3) is 2.25. The van der Waals surface area contributed by atoms with E-state index in [-0.39, 0.29) is 0 Å². The molecule has 1 saturated carbocycles. The number of carboxylic acid groups (broad SMARTS) is 1. The van der Waals surface area contributed by atoms with Gasteiger partial charge >= 0.3 is 5.97 Å². The summed E-state index contributed by atoms with van der Waals surface area (Å²) in [6, 6.07) is 5.43. The van der Waals surface area contributed by atoms with E-state index in [0.29, 0.717) is 5.56 Å². The number of aryl methyl sites for hydroxylation is 1. The molecule has 0 atom stereocenters. The Morgan fingerprint density at radius 2 is 2.11 bits per heavy atom. The maximum atomic E-state index is 11.1. The van der Waals surface area contributed by atoms with E-state index >= 15 is 0 Å². The summed E-state index contributed by atoms with van der Waals surface area (Å²) in [5, 5.41) is 10.3. The van der Waals surface area contributed by atoms with Gasteiger partial charge in [0.1, 0.15) is 0 Å². The standard InChI is InChI=1S/C16H19NO2/c1-11-9-17(10-12-4-2-3-5-12)15-8-13(16(18)19)6-7-14(11)15/h6-9,12H,2-5,10H2,1H3,(H,18,19). The average Bonchev–Trinajstić information content (AvgIpc) is 2.99. The molecule has 100 valence electrons. The van der Waals surface area contributed by atoms with E-state index in [1.807, 2.05) is 6.07 Å². The lowest BCUT2D eigenvalue weighted by Crippen LogP contribution is -2.06. The van der Waals surface area contributed by atoms with Crippen LogP contribution in [0.25, 0.3) is 10.9 Å². The Labute approximate surface area is 112 Å². The summed E-state index contributed by atoms with van der Waals surface area (Å²) >= 11 is 0. The molecule has 1 heterocycles. The molecule has 0 spiro atoms. The van der Waals surface area contributed by atoms with E-state index in [2.05, 4.69) is 17.7 Å². The smallest absolute Gasteiger partial charge is 0.335 e. The molecule has 0 aliphatic heterocycles. The highest BCUT2D eigenvalue weighted by molar-refractivity contribution is 5.94. The SMILES string of the molecule is Cc1cn(CC2CCCC2)c2cc(C(=O)O)ccc12. The summed E-state index contributed by atoms with van der Waals surface area (Å²) in [4.78, 5) is 11.1. The second-order valence-electron chi connectivity index (χ2n) is 5.65. The van der Waals surface area contributed by atoms with Crippen molar-refractivity contribution in [3.8, 4) is 0 Å². The number of carboxylic acids is 1. The van der Waals surface area contributed by atoms with Gasteiger partial charge in [0.05, 0.1) is 5.56 Å². The van der Waals surface area contributed by atoms with E-state index in [1.165, 1.54) is 36.6 Å². The number of hydrogen-bond donors (Lipinski definition) is 1. The first-order valence-corrected chi connectivity index (χ1v) is 6.98. The quantitative estimate of drug-likeness (QED) is 0.907. The average molecular weight is 257 g/mol. The lowest BCUT2D eigenvalue weighted by molar-refractivity contribution is 0.0697. The summed E-state index contributed by atoms with van der Waals surface area (Å²) in [5.41, 5.74) is 2.66. The summed E-state index contributed by atoms with van der Waals surface area (Å²) in [6.45, 7) is 3.11. The fraction of sp³-hybridized carbons (Fsp3) is 0.438. The van der Waals surface area contributed by atoms with Crippen LogP contribution in [0, 0.1) is 12.8 Å². The fourth-order valence-electron chi connectivity index (χ4n) is 3.23. The van der Waals surface area contributed by atoms with Gasteiger partial charge in [-0.25, -0.2) is 4.79 Å². The first-order valence-electron chi connectivity index (χ1n) is 6.98. The Morgan fingerprint density at radius 1 is 1.37 bits per heavy atom. The van der Waals surface area contributed by atoms with E-state index in [1.54, 1.807) is 12.1 Å². The van der Waals surface area contributed by atoms with Crippen LogP contribution in [-0.2, 0) is 6.54 Å². The van der Waals surface area contributed by atoms with Gasteiger partial charge in [-0.2, -0.15) is 0 Å². The highest BCUT2D eigenvalue weighted by Crippen LogP contribution is 2.29. The first-order chi connectivity index (χ1) is 9.15.